The molecule has 0 saturated carbocycles. The number of carbonyl (C=O) groups excluding carboxylic acids is 1. The third-order valence-corrected chi connectivity index (χ3v) is 6.59. The van der Waals surface area contributed by atoms with Gasteiger partial charge < -0.3 is 14.6 Å². The van der Waals surface area contributed by atoms with E-state index in [9.17, 15) is 4.79 Å². The average molecular weight is 472 g/mol. The van der Waals surface area contributed by atoms with E-state index in [1.54, 1.807) is 11.3 Å². The highest BCUT2D eigenvalue weighted by molar-refractivity contribution is 7.22. The van der Waals surface area contributed by atoms with E-state index in [0.29, 0.717) is 18.1 Å². The fourth-order valence-corrected chi connectivity index (χ4v) is 5.21. The maximum absolute atomic E-state index is 12.6. The van der Waals surface area contributed by atoms with Gasteiger partial charge in [0.25, 0.3) is 0 Å². The Labute approximate surface area is 198 Å². The first-order chi connectivity index (χ1) is 15.5. The number of thiazole rings is 1. The van der Waals surface area contributed by atoms with Crippen LogP contribution in [0.15, 0.2) is 36.4 Å². The van der Waals surface area contributed by atoms with Crippen molar-refractivity contribution in [2.24, 2.45) is 0 Å². The number of ether oxygens (including phenoxy) is 1. The molecule has 2 aromatic heterocycles. The number of H-pyrrole nitrogens is 1. The molecule has 1 unspecified atom stereocenters. The Bertz CT molecular complexity index is 1230. The van der Waals surface area contributed by atoms with Gasteiger partial charge in [0.05, 0.1) is 23.9 Å². The Morgan fingerprint density at radius 3 is 2.66 bits per heavy atom. The van der Waals surface area contributed by atoms with Gasteiger partial charge in [-0.2, -0.15) is 0 Å². The summed E-state index contributed by atoms with van der Waals surface area (Å²) in [6, 6.07) is 12.0. The second kappa shape index (κ2) is 10.4. The number of carbonyl (C=O) groups is 1. The van der Waals surface area contributed by atoms with Gasteiger partial charge in [-0.05, 0) is 48.4 Å². The van der Waals surface area contributed by atoms with Gasteiger partial charge in [-0.25, -0.2) is 4.98 Å². The van der Waals surface area contributed by atoms with Crippen LogP contribution in [0.4, 0.5) is 5.13 Å². The molecule has 0 radical (unpaired) electrons. The van der Waals surface area contributed by atoms with Crippen molar-refractivity contribution in [3.8, 4) is 0 Å². The second-order valence-corrected chi connectivity index (χ2v) is 8.58. The molecule has 2 aromatic carbocycles. The molecule has 32 heavy (non-hydrogen) atoms. The molecule has 4 aromatic rings. The summed E-state index contributed by atoms with van der Waals surface area (Å²) in [7, 11) is 1.43. The highest BCUT2D eigenvalue weighted by atomic mass is 35.5. The summed E-state index contributed by atoms with van der Waals surface area (Å²) in [6.45, 7) is 11.3. The molecule has 1 aliphatic heterocycles. The fourth-order valence-electron chi connectivity index (χ4n) is 3.97. The highest BCUT2D eigenvalue weighted by Gasteiger charge is 2.35. The first-order valence-corrected chi connectivity index (χ1v) is 12.2. The number of anilines is 1. The van der Waals surface area contributed by atoms with Crippen molar-refractivity contribution in [3.05, 3.63) is 58.2 Å². The molecule has 0 bridgehead atoms. The van der Waals surface area contributed by atoms with E-state index in [4.69, 9.17) is 21.3 Å². The lowest BCUT2D eigenvalue weighted by Gasteiger charge is -2.31. The van der Waals surface area contributed by atoms with Crippen LogP contribution in [0, 0.1) is 6.92 Å². The monoisotopic (exact) mass is 471 g/mol. The lowest BCUT2D eigenvalue weighted by molar-refractivity contribution is -0.142. The summed E-state index contributed by atoms with van der Waals surface area (Å²) in [5.41, 5.74) is 5.16. The molecule has 0 spiro atoms. The van der Waals surface area contributed by atoms with E-state index in [0.717, 1.165) is 37.5 Å². The van der Waals surface area contributed by atoms with Gasteiger partial charge in [-0.1, -0.05) is 56.7 Å². The van der Waals surface area contributed by atoms with Gasteiger partial charge in [0.2, 0.25) is 0 Å². The second-order valence-electron chi connectivity index (χ2n) is 7.13. The number of aromatic nitrogens is 2. The summed E-state index contributed by atoms with van der Waals surface area (Å²) < 4.78 is 6.28. The van der Waals surface area contributed by atoms with Crippen molar-refractivity contribution in [2.75, 3.05) is 18.6 Å². The lowest BCUT2D eigenvalue weighted by atomic mass is 9.92. The standard InChI is InChI=1S/C21H18ClN3O2S.2C2H6/c1-11-3-5-16-18(7-11)28-21(24-16)25-9-14(20(26)27-2)19-13-8-12(22)4-6-15(13)23-17(19)10-25;2*1-2/h3-8,14,23H,9-10H2,1-2H3;2*1-2H3. The average Bonchev–Trinajstić information content (AvgIpc) is 3.41. The van der Waals surface area contributed by atoms with Crippen LogP contribution in [-0.4, -0.2) is 29.6 Å². The minimum atomic E-state index is -0.394. The SMILES string of the molecule is CC.CC.COC(=O)C1CN(c2nc3ccc(C)cc3s2)Cc2[nH]c3ccc(Cl)cc3c21. The zero-order chi connectivity index (χ0) is 23.4. The number of nitrogens with zero attached hydrogens (tertiary/aromatic N) is 2. The number of aryl methyl sites for hydroxylation is 1. The molecule has 0 saturated heterocycles. The van der Waals surface area contributed by atoms with Gasteiger partial charge in [-0.15, -0.1) is 0 Å². The Balaban J connectivity index is 0.000000686. The van der Waals surface area contributed by atoms with E-state index < -0.39 is 5.92 Å². The molecular formula is C25H30ClN3O2S. The quantitative estimate of drug-likeness (QED) is 0.317. The molecule has 1 atom stereocenters. The number of nitrogens with one attached hydrogen (secondary N) is 1. The fraction of sp³-hybridized carbons (Fsp3) is 0.360. The molecule has 0 amide bonds. The number of benzene rings is 2. The largest absolute Gasteiger partial charge is 0.468 e. The van der Waals surface area contributed by atoms with Crippen molar-refractivity contribution < 1.29 is 9.53 Å². The number of hydrogen-bond donors (Lipinski definition) is 1. The number of methoxy groups -OCH3 is 1. The van der Waals surface area contributed by atoms with Crippen LogP contribution in [0.1, 0.15) is 50.4 Å². The number of fused-ring (bicyclic) bond motifs is 4. The van der Waals surface area contributed by atoms with Gasteiger partial charge in [0, 0.05) is 28.2 Å². The van der Waals surface area contributed by atoms with Crippen LogP contribution in [0.25, 0.3) is 21.1 Å². The molecule has 3 heterocycles. The van der Waals surface area contributed by atoms with Gasteiger partial charge in [0.1, 0.15) is 5.92 Å². The highest BCUT2D eigenvalue weighted by Crippen LogP contribution is 2.40. The molecule has 5 rings (SSSR count). The minimum absolute atomic E-state index is 0.246. The van der Waals surface area contributed by atoms with Crippen LogP contribution < -0.4 is 4.90 Å². The first kappa shape index (κ1) is 24.1. The van der Waals surface area contributed by atoms with Crippen molar-refractivity contribution in [2.45, 2.75) is 47.1 Å². The van der Waals surface area contributed by atoms with E-state index in [2.05, 4.69) is 28.9 Å². The predicted molar refractivity (Wildman–Crippen MR) is 136 cm³/mol. The van der Waals surface area contributed by atoms with Gasteiger partial charge in [-0.3, -0.25) is 4.79 Å². The molecule has 5 nitrogen and oxygen atoms in total. The normalized spacial score (nSPS) is 14.8. The van der Waals surface area contributed by atoms with Crippen molar-refractivity contribution >= 4 is 55.2 Å². The minimum Gasteiger partial charge on any atom is -0.468 e. The first-order valence-electron chi connectivity index (χ1n) is 11.0. The number of hydrogen-bond acceptors (Lipinski definition) is 5. The smallest absolute Gasteiger partial charge is 0.315 e. The topological polar surface area (TPSA) is 58.2 Å². The van der Waals surface area contributed by atoms with E-state index >= 15 is 0 Å². The number of rotatable bonds is 2. The van der Waals surface area contributed by atoms with E-state index in [-0.39, 0.29) is 5.97 Å². The molecule has 1 N–H and O–H groups in total. The summed E-state index contributed by atoms with van der Waals surface area (Å²) in [5, 5.41) is 2.55. The summed E-state index contributed by atoms with van der Waals surface area (Å²) in [4.78, 5) is 23.0. The predicted octanol–water partition coefficient (Wildman–Crippen LogP) is 7.07. The van der Waals surface area contributed by atoms with Crippen LogP contribution in [0.5, 0.6) is 0 Å². The number of esters is 1. The Morgan fingerprint density at radius 1 is 1.19 bits per heavy atom. The van der Waals surface area contributed by atoms with E-state index in [1.165, 1.54) is 12.7 Å². The van der Waals surface area contributed by atoms with Crippen molar-refractivity contribution in [3.63, 3.8) is 0 Å². The number of halogens is 1. The maximum Gasteiger partial charge on any atom is 0.315 e. The van der Waals surface area contributed by atoms with Crippen LogP contribution in [0.3, 0.4) is 0 Å². The molecule has 0 aliphatic carbocycles. The number of aromatic amines is 1. The van der Waals surface area contributed by atoms with Crippen LogP contribution in [0.2, 0.25) is 5.02 Å². The lowest BCUT2D eigenvalue weighted by Crippen LogP contribution is -2.37. The zero-order valence-corrected chi connectivity index (χ0v) is 21.0. The molecular weight excluding hydrogens is 442 g/mol. The third-order valence-electron chi connectivity index (χ3n) is 5.27. The summed E-state index contributed by atoms with van der Waals surface area (Å²) in [5.74, 6) is -0.640. The molecule has 1 aliphatic rings. The van der Waals surface area contributed by atoms with Crippen LogP contribution in [-0.2, 0) is 16.1 Å². The van der Waals surface area contributed by atoms with Gasteiger partial charge >= 0.3 is 5.97 Å². The maximum atomic E-state index is 12.6. The van der Waals surface area contributed by atoms with Gasteiger partial charge in [0.15, 0.2) is 5.13 Å². The van der Waals surface area contributed by atoms with Crippen molar-refractivity contribution in [1.82, 2.24) is 9.97 Å². The zero-order valence-electron chi connectivity index (χ0n) is 19.5. The summed E-state index contributed by atoms with van der Waals surface area (Å²) >= 11 is 7.86. The Kier molecular flexibility index (Phi) is 7.80. The molecule has 0 fully saturated rings. The Hall–Kier alpha value is -2.57. The Morgan fingerprint density at radius 2 is 1.94 bits per heavy atom. The molecule has 7 heteroatoms. The summed E-state index contributed by atoms with van der Waals surface area (Å²) in [6.07, 6.45) is 0. The molecule has 170 valence electrons. The third kappa shape index (κ3) is 4.48. The van der Waals surface area contributed by atoms with Crippen molar-refractivity contribution in [1.29, 1.82) is 0 Å². The van der Waals surface area contributed by atoms with Crippen LogP contribution >= 0.6 is 22.9 Å². The van der Waals surface area contributed by atoms with E-state index in [1.807, 2.05) is 52.0 Å².